The van der Waals surface area contributed by atoms with Crippen molar-refractivity contribution < 1.29 is 9.59 Å². The first-order valence-electron chi connectivity index (χ1n) is 3.82. The number of Topliss-reactive ketones (excluding diaryl/α,β-unsaturated/α-hetero) is 1. The Kier molecular flexibility index (Phi) is 2.22. The highest BCUT2D eigenvalue weighted by Gasteiger charge is 2.24. The van der Waals surface area contributed by atoms with Gasteiger partial charge in [0.15, 0.2) is 5.78 Å². The fraction of sp³-hybridized carbons (Fsp3) is 0.556. The summed E-state index contributed by atoms with van der Waals surface area (Å²) in [7, 11) is 0. The normalized spacial score (nSPS) is 24.7. The summed E-state index contributed by atoms with van der Waals surface area (Å²) in [6, 6.07) is 0. The Balaban J connectivity index is 2.76. The molecular weight excluding hydrogens is 140 g/mol. The number of carbonyl (C=O) groups is 2. The molecule has 0 aromatic rings. The highest BCUT2D eigenvalue weighted by atomic mass is 16.1. The molecule has 0 fully saturated rings. The topological polar surface area (TPSA) is 34.1 Å². The molecule has 2 heteroatoms. The average molecular weight is 152 g/mol. The third-order valence-electron chi connectivity index (χ3n) is 2.05. The van der Waals surface area contributed by atoms with Gasteiger partial charge in [-0.3, -0.25) is 9.59 Å². The lowest BCUT2D eigenvalue weighted by atomic mass is 9.87. The minimum Gasteiger partial charge on any atom is -0.299 e. The van der Waals surface area contributed by atoms with E-state index >= 15 is 0 Å². The van der Waals surface area contributed by atoms with Gasteiger partial charge in [-0.15, -0.1) is 0 Å². The predicted octanol–water partition coefficient (Wildman–Crippen LogP) is 1.50. The zero-order chi connectivity index (χ0) is 8.43. The largest absolute Gasteiger partial charge is 0.299 e. The van der Waals surface area contributed by atoms with Gasteiger partial charge in [0, 0.05) is 0 Å². The molecular formula is C9H12O2. The van der Waals surface area contributed by atoms with E-state index in [4.69, 9.17) is 0 Å². The summed E-state index contributed by atoms with van der Waals surface area (Å²) in [6.07, 6.45) is 3.18. The molecule has 1 rings (SSSR count). The highest BCUT2D eigenvalue weighted by Crippen LogP contribution is 2.20. The average Bonchev–Trinajstić information content (AvgIpc) is 1.85. The van der Waals surface area contributed by atoms with E-state index in [0.29, 0.717) is 6.42 Å². The Morgan fingerprint density at radius 2 is 2.27 bits per heavy atom. The summed E-state index contributed by atoms with van der Waals surface area (Å²) in [5.41, 5.74) is 1.09. The van der Waals surface area contributed by atoms with Crippen LogP contribution in [-0.2, 0) is 9.59 Å². The van der Waals surface area contributed by atoms with Crippen LogP contribution in [-0.4, -0.2) is 11.6 Å². The molecule has 2 nitrogen and oxygen atoms in total. The van der Waals surface area contributed by atoms with Crippen LogP contribution >= 0.6 is 0 Å². The lowest BCUT2D eigenvalue weighted by molar-refractivity contribution is -0.129. The summed E-state index contributed by atoms with van der Waals surface area (Å²) < 4.78 is 0. The maximum absolute atomic E-state index is 11.1. The Morgan fingerprint density at radius 3 is 2.73 bits per heavy atom. The number of ketones is 2. The van der Waals surface area contributed by atoms with Gasteiger partial charge in [-0.2, -0.15) is 0 Å². The van der Waals surface area contributed by atoms with Gasteiger partial charge in [-0.05, 0) is 32.8 Å². The molecule has 0 spiro atoms. The Labute approximate surface area is 66.3 Å². The Morgan fingerprint density at radius 1 is 1.64 bits per heavy atom. The van der Waals surface area contributed by atoms with E-state index in [1.54, 1.807) is 6.08 Å². The molecule has 0 aromatic carbocycles. The van der Waals surface area contributed by atoms with E-state index in [1.165, 1.54) is 6.92 Å². The lowest BCUT2D eigenvalue weighted by Gasteiger charge is -2.15. The van der Waals surface area contributed by atoms with Gasteiger partial charge in [0.25, 0.3) is 0 Å². The van der Waals surface area contributed by atoms with Gasteiger partial charge in [0.05, 0.1) is 5.92 Å². The first-order chi connectivity index (χ1) is 5.11. The number of hydrogen-bond donors (Lipinski definition) is 0. The lowest BCUT2D eigenvalue weighted by Crippen LogP contribution is -2.23. The molecule has 0 amide bonds. The van der Waals surface area contributed by atoms with Gasteiger partial charge < -0.3 is 0 Å². The molecule has 1 aliphatic carbocycles. The standard InChI is InChI=1S/C9H12O2/c1-6-3-4-8(7(2)10)9(11)5-6/h5,8H,3-4H2,1-2H3. The number of carbonyl (C=O) groups excluding carboxylic acids is 2. The van der Waals surface area contributed by atoms with Crippen molar-refractivity contribution in [1.29, 1.82) is 0 Å². The fourth-order valence-electron chi connectivity index (χ4n) is 1.33. The highest BCUT2D eigenvalue weighted by molar-refractivity contribution is 6.07. The second-order valence-electron chi connectivity index (χ2n) is 3.09. The number of allylic oxidation sites excluding steroid dienone is 2. The molecule has 1 unspecified atom stereocenters. The minimum absolute atomic E-state index is 0.00116. The van der Waals surface area contributed by atoms with Crippen molar-refractivity contribution in [3.05, 3.63) is 11.6 Å². The SMILES string of the molecule is CC(=O)C1CCC(C)=CC1=O. The van der Waals surface area contributed by atoms with Crippen LogP contribution in [0.5, 0.6) is 0 Å². The van der Waals surface area contributed by atoms with Crippen molar-refractivity contribution in [2.45, 2.75) is 26.7 Å². The van der Waals surface area contributed by atoms with E-state index < -0.39 is 0 Å². The maximum atomic E-state index is 11.1. The predicted molar refractivity (Wildman–Crippen MR) is 42.2 cm³/mol. The molecule has 0 N–H and O–H groups in total. The van der Waals surface area contributed by atoms with Gasteiger partial charge in [0.2, 0.25) is 0 Å². The van der Waals surface area contributed by atoms with Crippen LogP contribution in [0.15, 0.2) is 11.6 Å². The third-order valence-corrected chi connectivity index (χ3v) is 2.05. The van der Waals surface area contributed by atoms with Gasteiger partial charge >= 0.3 is 0 Å². The zero-order valence-electron chi connectivity index (χ0n) is 6.89. The molecule has 0 aliphatic heterocycles. The fourth-order valence-corrected chi connectivity index (χ4v) is 1.33. The van der Waals surface area contributed by atoms with Crippen molar-refractivity contribution in [2.75, 3.05) is 0 Å². The first-order valence-corrected chi connectivity index (χ1v) is 3.82. The van der Waals surface area contributed by atoms with Crippen molar-refractivity contribution in [2.24, 2.45) is 5.92 Å². The summed E-state index contributed by atoms with van der Waals surface area (Å²) >= 11 is 0. The summed E-state index contributed by atoms with van der Waals surface area (Å²) in [6.45, 7) is 3.41. The van der Waals surface area contributed by atoms with Crippen LogP contribution in [0.1, 0.15) is 26.7 Å². The summed E-state index contributed by atoms with van der Waals surface area (Å²) in [5, 5.41) is 0. The first kappa shape index (κ1) is 8.18. The van der Waals surface area contributed by atoms with E-state index in [-0.39, 0.29) is 17.5 Å². The van der Waals surface area contributed by atoms with Crippen LogP contribution in [0.4, 0.5) is 0 Å². The molecule has 11 heavy (non-hydrogen) atoms. The molecule has 0 saturated carbocycles. The second-order valence-corrected chi connectivity index (χ2v) is 3.09. The molecule has 1 atom stereocenters. The van der Waals surface area contributed by atoms with Gasteiger partial charge in [-0.25, -0.2) is 0 Å². The number of hydrogen-bond acceptors (Lipinski definition) is 2. The van der Waals surface area contributed by atoms with Crippen LogP contribution in [0.25, 0.3) is 0 Å². The van der Waals surface area contributed by atoms with Crippen molar-refractivity contribution in [1.82, 2.24) is 0 Å². The quantitative estimate of drug-likeness (QED) is 0.533. The van der Waals surface area contributed by atoms with Crippen LogP contribution < -0.4 is 0 Å². The Hall–Kier alpha value is -0.920. The van der Waals surface area contributed by atoms with Gasteiger partial charge in [-0.1, -0.05) is 5.57 Å². The zero-order valence-corrected chi connectivity index (χ0v) is 6.89. The van der Waals surface area contributed by atoms with E-state index in [0.717, 1.165) is 12.0 Å². The molecule has 60 valence electrons. The van der Waals surface area contributed by atoms with Crippen molar-refractivity contribution in [3.63, 3.8) is 0 Å². The van der Waals surface area contributed by atoms with E-state index in [2.05, 4.69) is 0 Å². The molecule has 0 radical (unpaired) electrons. The summed E-state index contributed by atoms with van der Waals surface area (Å²) in [5.74, 6) is -0.362. The second kappa shape index (κ2) is 2.99. The molecule has 0 heterocycles. The van der Waals surface area contributed by atoms with Crippen molar-refractivity contribution >= 4 is 11.6 Å². The van der Waals surface area contributed by atoms with Crippen LogP contribution in [0.2, 0.25) is 0 Å². The monoisotopic (exact) mass is 152 g/mol. The van der Waals surface area contributed by atoms with E-state index in [1.807, 2.05) is 6.92 Å². The van der Waals surface area contributed by atoms with Crippen LogP contribution in [0.3, 0.4) is 0 Å². The third kappa shape index (κ3) is 1.76. The number of rotatable bonds is 1. The smallest absolute Gasteiger partial charge is 0.166 e. The Bertz CT molecular complexity index is 226. The van der Waals surface area contributed by atoms with Gasteiger partial charge in [0.1, 0.15) is 5.78 Å². The van der Waals surface area contributed by atoms with Crippen LogP contribution in [0, 0.1) is 5.92 Å². The molecule has 0 bridgehead atoms. The van der Waals surface area contributed by atoms with E-state index in [9.17, 15) is 9.59 Å². The molecule has 0 saturated heterocycles. The minimum atomic E-state index is -0.348. The maximum Gasteiger partial charge on any atom is 0.166 e. The molecule has 1 aliphatic rings. The summed E-state index contributed by atoms with van der Waals surface area (Å²) in [4.78, 5) is 22.0. The van der Waals surface area contributed by atoms with Crippen molar-refractivity contribution in [3.8, 4) is 0 Å². The molecule has 0 aromatic heterocycles.